The third kappa shape index (κ3) is 7.50. The Morgan fingerprint density at radius 3 is 2.57 bits per heavy atom. The Labute approximate surface area is 202 Å². The summed E-state index contributed by atoms with van der Waals surface area (Å²) in [4.78, 5) is 17.1. The fraction of sp³-hybridized carbons (Fsp3) is 0.696. The summed E-state index contributed by atoms with van der Waals surface area (Å²) < 4.78 is 61.4. The molecule has 4 N–H and O–H groups in total. The number of nitrogens with two attached hydrogens (primary N) is 1. The second-order valence-corrected chi connectivity index (χ2v) is 10.2. The molecule has 3 rings (SSSR count). The van der Waals surface area contributed by atoms with Gasteiger partial charge >= 0.3 is 6.09 Å². The third-order valence-corrected chi connectivity index (χ3v) is 6.05. The van der Waals surface area contributed by atoms with E-state index in [2.05, 4.69) is 20.7 Å². The SMILES string of the molecule is C[C@H](NCC(F)(F)CN)c1cnn2cc([C@@H](NC(=O)OC(C)(C)C)C3CCC(F)(F)CC3)nc2c1. The Kier molecular flexibility index (Phi) is 7.95. The van der Waals surface area contributed by atoms with Crippen LogP contribution in [-0.4, -0.2) is 51.2 Å². The van der Waals surface area contributed by atoms with Gasteiger partial charge in [0, 0.05) is 18.9 Å². The standard InChI is InChI=1S/C23H34F4N6O2/c1-14(29-13-23(26,27)12-28)16-9-18-31-17(11-33(18)30-10-16)19(32-20(34)35-21(2,3)4)15-5-7-22(24,25)8-6-15/h9-11,14-15,19,29H,5-8,12-13,28H2,1-4H3,(H,32,34)/t14-,19-/m0/s1. The zero-order valence-electron chi connectivity index (χ0n) is 20.5. The van der Waals surface area contributed by atoms with Gasteiger partial charge in [0.1, 0.15) is 5.60 Å². The number of hydrogen-bond acceptors (Lipinski definition) is 6. The number of amides is 1. The third-order valence-electron chi connectivity index (χ3n) is 6.05. The van der Waals surface area contributed by atoms with Crippen LogP contribution < -0.4 is 16.4 Å². The average Bonchev–Trinajstić information content (AvgIpc) is 3.18. The van der Waals surface area contributed by atoms with Gasteiger partial charge in [0.25, 0.3) is 5.92 Å². The molecule has 0 aliphatic heterocycles. The molecule has 0 unspecified atom stereocenters. The highest BCUT2D eigenvalue weighted by atomic mass is 19.3. The second kappa shape index (κ2) is 10.3. The highest BCUT2D eigenvalue weighted by Crippen LogP contribution is 2.41. The zero-order chi connectivity index (χ0) is 26.0. The van der Waals surface area contributed by atoms with Crippen LogP contribution in [0.4, 0.5) is 22.4 Å². The Morgan fingerprint density at radius 2 is 1.97 bits per heavy atom. The quantitative estimate of drug-likeness (QED) is 0.463. The van der Waals surface area contributed by atoms with Crippen LogP contribution in [0.3, 0.4) is 0 Å². The molecule has 12 heteroatoms. The fourth-order valence-electron chi connectivity index (χ4n) is 4.05. The summed E-state index contributed by atoms with van der Waals surface area (Å²) in [6.07, 6.45) is 2.41. The molecule has 1 aliphatic carbocycles. The number of fused-ring (bicyclic) bond motifs is 1. The number of imidazole rings is 1. The van der Waals surface area contributed by atoms with Gasteiger partial charge in [-0.25, -0.2) is 31.9 Å². The van der Waals surface area contributed by atoms with E-state index in [1.165, 1.54) is 10.7 Å². The number of alkyl carbamates (subject to hydrolysis) is 1. The number of aromatic nitrogens is 3. The van der Waals surface area contributed by atoms with Gasteiger partial charge in [-0.3, -0.25) is 0 Å². The van der Waals surface area contributed by atoms with Crippen molar-refractivity contribution in [2.45, 2.75) is 82.9 Å². The van der Waals surface area contributed by atoms with Gasteiger partial charge in [0.05, 0.1) is 37.2 Å². The Morgan fingerprint density at radius 1 is 1.31 bits per heavy atom. The molecule has 0 bridgehead atoms. The van der Waals surface area contributed by atoms with Gasteiger partial charge < -0.3 is 21.1 Å². The molecule has 8 nitrogen and oxygen atoms in total. The number of nitrogens with one attached hydrogen (secondary N) is 2. The van der Waals surface area contributed by atoms with E-state index in [9.17, 15) is 22.4 Å². The van der Waals surface area contributed by atoms with Crippen molar-refractivity contribution in [2.24, 2.45) is 11.7 Å². The van der Waals surface area contributed by atoms with Gasteiger partial charge in [-0.05, 0) is 58.1 Å². The molecule has 196 valence electrons. The Balaban J connectivity index is 1.83. The van der Waals surface area contributed by atoms with Crippen LogP contribution in [0.25, 0.3) is 5.65 Å². The molecule has 0 radical (unpaired) electrons. The minimum atomic E-state index is -3.02. The normalized spacial score (nSPS) is 18.9. The summed E-state index contributed by atoms with van der Waals surface area (Å²) in [6.45, 7) is 5.59. The summed E-state index contributed by atoms with van der Waals surface area (Å²) in [5.41, 5.74) is 5.89. The number of ether oxygens (including phenoxy) is 1. The maximum atomic E-state index is 13.8. The van der Waals surface area contributed by atoms with E-state index in [-0.39, 0.29) is 31.6 Å². The number of hydrogen-bond donors (Lipinski definition) is 3. The lowest BCUT2D eigenvalue weighted by molar-refractivity contribution is -0.0500. The van der Waals surface area contributed by atoms with E-state index in [0.29, 0.717) is 16.9 Å². The van der Waals surface area contributed by atoms with Crippen molar-refractivity contribution in [1.29, 1.82) is 0 Å². The maximum Gasteiger partial charge on any atom is 0.408 e. The van der Waals surface area contributed by atoms with E-state index in [0.717, 1.165) is 0 Å². The van der Waals surface area contributed by atoms with E-state index in [4.69, 9.17) is 10.5 Å². The molecule has 2 heterocycles. The number of alkyl halides is 4. The van der Waals surface area contributed by atoms with Crippen LogP contribution in [0.15, 0.2) is 18.5 Å². The predicted molar refractivity (Wildman–Crippen MR) is 122 cm³/mol. The maximum absolute atomic E-state index is 13.8. The van der Waals surface area contributed by atoms with Crippen molar-refractivity contribution in [3.63, 3.8) is 0 Å². The monoisotopic (exact) mass is 502 g/mol. The number of carbonyl (C=O) groups excluding carboxylic acids is 1. The van der Waals surface area contributed by atoms with Crippen LogP contribution in [-0.2, 0) is 4.74 Å². The summed E-state index contributed by atoms with van der Waals surface area (Å²) in [6, 6.07) is 0.611. The van der Waals surface area contributed by atoms with Crippen molar-refractivity contribution in [3.8, 4) is 0 Å². The molecule has 0 spiro atoms. The van der Waals surface area contributed by atoms with Crippen molar-refractivity contribution in [3.05, 3.63) is 29.7 Å². The molecule has 35 heavy (non-hydrogen) atoms. The van der Waals surface area contributed by atoms with Crippen LogP contribution in [0.2, 0.25) is 0 Å². The van der Waals surface area contributed by atoms with Gasteiger partial charge in [-0.2, -0.15) is 5.10 Å². The number of nitrogens with zero attached hydrogens (tertiary/aromatic N) is 3. The van der Waals surface area contributed by atoms with Gasteiger partial charge in [-0.1, -0.05) is 0 Å². The van der Waals surface area contributed by atoms with Crippen molar-refractivity contribution in [1.82, 2.24) is 25.2 Å². The molecule has 0 saturated heterocycles. The molecular formula is C23H34F4N6O2. The smallest absolute Gasteiger partial charge is 0.408 e. The minimum Gasteiger partial charge on any atom is -0.444 e. The van der Waals surface area contributed by atoms with Crippen LogP contribution in [0.1, 0.15) is 76.7 Å². The van der Waals surface area contributed by atoms with E-state index in [1.807, 2.05) is 0 Å². The van der Waals surface area contributed by atoms with Crippen LogP contribution >= 0.6 is 0 Å². The minimum absolute atomic E-state index is 0.219. The van der Waals surface area contributed by atoms with Gasteiger partial charge in [0.2, 0.25) is 5.92 Å². The van der Waals surface area contributed by atoms with Crippen LogP contribution in [0, 0.1) is 5.92 Å². The zero-order valence-corrected chi connectivity index (χ0v) is 20.5. The molecule has 1 amide bonds. The molecule has 1 fully saturated rings. The lowest BCUT2D eigenvalue weighted by atomic mass is 9.81. The van der Waals surface area contributed by atoms with Gasteiger partial charge in [0.15, 0.2) is 5.65 Å². The topological polar surface area (TPSA) is 107 Å². The summed E-state index contributed by atoms with van der Waals surface area (Å²) in [5.74, 6) is -6.00. The first kappa shape index (κ1) is 27.1. The number of rotatable bonds is 8. The van der Waals surface area contributed by atoms with Crippen molar-refractivity contribution >= 4 is 11.7 Å². The van der Waals surface area contributed by atoms with E-state index < -0.39 is 48.7 Å². The highest BCUT2D eigenvalue weighted by molar-refractivity contribution is 5.68. The molecule has 2 aromatic heterocycles. The van der Waals surface area contributed by atoms with Crippen molar-refractivity contribution < 1.29 is 27.1 Å². The largest absolute Gasteiger partial charge is 0.444 e. The predicted octanol–water partition coefficient (Wildman–Crippen LogP) is 4.37. The molecular weight excluding hydrogens is 468 g/mol. The number of carbonyl (C=O) groups is 1. The Hall–Kier alpha value is -2.47. The lowest BCUT2D eigenvalue weighted by Gasteiger charge is -2.33. The molecule has 1 aliphatic rings. The summed E-state index contributed by atoms with van der Waals surface area (Å²) in [5, 5.41) is 9.87. The van der Waals surface area contributed by atoms with E-state index in [1.54, 1.807) is 40.0 Å². The first-order chi connectivity index (χ1) is 16.2. The van der Waals surface area contributed by atoms with Gasteiger partial charge in [-0.15, -0.1) is 0 Å². The first-order valence-electron chi connectivity index (χ1n) is 11.7. The molecule has 2 atom stereocenters. The molecule has 2 aromatic rings. The summed E-state index contributed by atoms with van der Waals surface area (Å²) >= 11 is 0. The second-order valence-electron chi connectivity index (χ2n) is 10.2. The summed E-state index contributed by atoms with van der Waals surface area (Å²) in [7, 11) is 0. The average molecular weight is 503 g/mol. The molecule has 0 aromatic carbocycles. The number of halogens is 4. The van der Waals surface area contributed by atoms with E-state index >= 15 is 0 Å². The first-order valence-corrected chi connectivity index (χ1v) is 11.7. The highest BCUT2D eigenvalue weighted by Gasteiger charge is 2.39. The molecule has 1 saturated carbocycles. The van der Waals surface area contributed by atoms with Crippen molar-refractivity contribution in [2.75, 3.05) is 13.1 Å². The Bertz CT molecular complexity index is 1010. The van der Waals surface area contributed by atoms with Crippen LogP contribution in [0.5, 0.6) is 0 Å². The lowest BCUT2D eigenvalue weighted by Crippen LogP contribution is -2.40. The fourth-order valence-corrected chi connectivity index (χ4v) is 4.05.